The molecule has 0 amide bonds. The van der Waals surface area contributed by atoms with E-state index in [1.165, 1.54) is 32.4 Å². The molecule has 1 aromatic heterocycles. The quantitative estimate of drug-likeness (QED) is 0.780. The lowest BCUT2D eigenvalue weighted by atomic mass is 9.97. The highest BCUT2D eigenvalue weighted by Crippen LogP contribution is 2.28. The summed E-state index contributed by atoms with van der Waals surface area (Å²) < 4.78 is 0. The van der Waals surface area contributed by atoms with Crippen LogP contribution in [0.5, 0.6) is 5.75 Å². The van der Waals surface area contributed by atoms with Crippen molar-refractivity contribution >= 4 is 0 Å². The first-order valence-electron chi connectivity index (χ1n) is 7.93. The Morgan fingerprint density at radius 1 is 1.38 bits per heavy atom. The van der Waals surface area contributed by atoms with Crippen molar-refractivity contribution < 1.29 is 10.2 Å². The summed E-state index contributed by atoms with van der Waals surface area (Å²) in [6.45, 7) is 4.74. The number of piperidine rings is 1. The van der Waals surface area contributed by atoms with Gasteiger partial charge in [-0.15, -0.1) is 0 Å². The molecule has 3 heterocycles. The number of pyridine rings is 1. The molecule has 0 bridgehead atoms. The zero-order valence-electron chi connectivity index (χ0n) is 12.7. The Morgan fingerprint density at radius 3 is 3.05 bits per heavy atom. The van der Waals surface area contributed by atoms with Gasteiger partial charge in [0.15, 0.2) is 0 Å². The molecule has 0 radical (unpaired) electrons. The van der Waals surface area contributed by atoms with E-state index in [1.54, 1.807) is 13.1 Å². The molecule has 5 heteroatoms. The second-order valence-corrected chi connectivity index (χ2v) is 6.29. The molecule has 3 rings (SSSR count). The minimum absolute atomic E-state index is 0.0844. The van der Waals surface area contributed by atoms with E-state index in [0.29, 0.717) is 23.8 Å². The lowest BCUT2D eigenvalue weighted by Gasteiger charge is -2.35. The van der Waals surface area contributed by atoms with Gasteiger partial charge in [0.1, 0.15) is 5.75 Å². The van der Waals surface area contributed by atoms with Crippen LogP contribution in [0.25, 0.3) is 0 Å². The first-order chi connectivity index (χ1) is 10.2. The molecular weight excluding hydrogens is 266 g/mol. The lowest BCUT2D eigenvalue weighted by molar-refractivity contribution is 0.166. The number of rotatable bonds is 4. The number of aliphatic hydroxyl groups excluding tert-OH is 1. The number of nitrogens with zero attached hydrogens (tertiary/aromatic N) is 2. The Morgan fingerprint density at radius 2 is 2.24 bits per heavy atom. The van der Waals surface area contributed by atoms with Gasteiger partial charge in [0.05, 0.1) is 12.3 Å². The van der Waals surface area contributed by atoms with Gasteiger partial charge in [-0.25, -0.2) is 0 Å². The zero-order valence-corrected chi connectivity index (χ0v) is 12.7. The average molecular weight is 291 g/mol. The molecular formula is C16H25N3O2. The Hall–Kier alpha value is -1.17. The Kier molecular flexibility index (Phi) is 4.42. The summed E-state index contributed by atoms with van der Waals surface area (Å²) in [5.41, 5.74) is 2.12. The van der Waals surface area contributed by atoms with Crippen LogP contribution in [-0.4, -0.2) is 45.3 Å². The molecule has 2 aliphatic rings. The Balaban J connectivity index is 1.64. The topological polar surface area (TPSA) is 68.6 Å². The van der Waals surface area contributed by atoms with Crippen LogP contribution in [-0.2, 0) is 13.2 Å². The summed E-state index contributed by atoms with van der Waals surface area (Å²) in [5, 5.41) is 23.1. The van der Waals surface area contributed by atoms with Crippen LogP contribution < -0.4 is 5.32 Å². The molecule has 2 aliphatic heterocycles. The monoisotopic (exact) mass is 291 g/mol. The maximum atomic E-state index is 10.2. The van der Waals surface area contributed by atoms with Crippen molar-refractivity contribution in [3.8, 4) is 5.75 Å². The highest BCUT2D eigenvalue weighted by molar-refractivity contribution is 5.40. The second kappa shape index (κ2) is 6.30. The van der Waals surface area contributed by atoms with Crippen LogP contribution in [0.2, 0.25) is 0 Å². The molecule has 0 spiro atoms. The lowest BCUT2D eigenvalue weighted by Crippen LogP contribution is -2.45. The fourth-order valence-corrected chi connectivity index (χ4v) is 3.67. The van der Waals surface area contributed by atoms with Crippen LogP contribution in [0.3, 0.4) is 0 Å². The van der Waals surface area contributed by atoms with E-state index >= 15 is 0 Å². The van der Waals surface area contributed by atoms with Crippen molar-refractivity contribution in [1.82, 2.24) is 15.2 Å². The normalized spacial score (nSPS) is 26.0. The summed E-state index contributed by atoms with van der Waals surface area (Å²) >= 11 is 0. The second-order valence-electron chi connectivity index (χ2n) is 6.29. The van der Waals surface area contributed by atoms with Gasteiger partial charge in [-0.05, 0) is 45.7 Å². The van der Waals surface area contributed by atoms with Crippen LogP contribution in [0.1, 0.15) is 42.5 Å². The number of hydrogen-bond acceptors (Lipinski definition) is 5. The van der Waals surface area contributed by atoms with E-state index in [2.05, 4.69) is 15.2 Å². The van der Waals surface area contributed by atoms with Gasteiger partial charge in [-0.3, -0.25) is 4.98 Å². The smallest absolute Gasteiger partial charge is 0.141 e. The van der Waals surface area contributed by atoms with Gasteiger partial charge in [0, 0.05) is 36.0 Å². The molecule has 0 aromatic carbocycles. The predicted molar refractivity (Wildman–Crippen MR) is 81.0 cm³/mol. The summed E-state index contributed by atoms with van der Waals surface area (Å²) in [7, 11) is 0. The number of nitrogens with one attached hydrogen (secondary N) is 1. The highest BCUT2D eigenvalue weighted by atomic mass is 16.3. The molecule has 0 saturated carbocycles. The average Bonchev–Trinajstić information content (AvgIpc) is 2.96. The van der Waals surface area contributed by atoms with Gasteiger partial charge in [-0.1, -0.05) is 0 Å². The molecule has 0 aliphatic carbocycles. The summed E-state index contributed by atoms with van der Waals surface area (Å²) in [6, 6.07) is 1.24. The van der Waals surface area contributed by atoms with E-state index in [4.69, 9.17) is 0 Å². The number of aliphatic hydroxyl groups is 1. The van der Waals surface area contributed by atoms with Gasteiger partial charge in [0.25, 0.3) is 0 Å². The van der Waals surface area contributed by atoms with Crippen molar-refractivity contribution in [3.05, 3.63) is 23.0 Å². The molecule has 21 heavy (non-hydrogen) atoms. The molecule has 2 fully saturated rings. The van der Waals surface area contributed by atoms with E-state index in [-0.39, 0.29) is 12.4 Å². The summed E-state index contributed by atoms with van der Waals surface area (Å²) in [6.07, 6.45) is 6.66. The molecule has 116 valence electrons. The SMILES string of the molecule is Cc1ncc(CO)c(CNC2CCN3CCCC3C2)c1O. The highest BCUT2D eigenvalue weighted by Gasteiger charge is 2.31. The van der Waals surface area contributed by atoms with E-state index in [1.807, 2.05) is 0 Å². The third-order valence-electron chi connectivity index (χ3n) is 4.99. The maximum Gasteiger partial charge on any atom is 0.141 e. The number of aryl methyl sites for hydroxylation is 1. The van der Waals surface area contributed by atoms with Crippen molar-refractivity contribution in [2.75, 3.05) is 13.1 Å². The number of fused-ring (bicyclic) bond motifs is 1. The molecule has 2 atom stereocenters. The predicted octanol–water partition coefficient (Wildman–Crippen LogP) is 1.30. The zero-order chi connectivity index (χ0) is 14.8. The van der Waals surface area contributed by atoms with Crippen LogP contribution in [0.4, 0.5) is 0 Å². The first-order valence-corrected chi connectivity index (χ1v) is 7.93. The third kappa shape index (κ3) is 3.05. The van der Waals surface area contributed by atoms with Crippen molar-refractivity contribution in [1.29, 1.82) is 0 Å². The third-order valence-corrected chi connectivity index (χ3v) is 4.99. The van der Waals surface area contributed by atoms with E-state index < -0.39 is 0 Å². The van der Waals surface area contributed by atoms with Crippen LogP contribution in [0.15, 0.2) is 6.20 Å². The fraction of sp³-hybridized carbons (Fsp3) is 0.688. The number of hydrogen-bond donors (Lipinski definition) is 3. The van der Waals surface area contributed by atoms with Crippen molar-refractivity contribution in [2.24, 2.45) is 0 Å². The minimum Gasteiger partial charge on any atom is -0.506 e. The standard InChI is InChI=1S/C16H25N3O2/c1-11-16(21)15(12(10-20)8-17-11)9-18-13-4-6-19-5-2-3-14(19)7-13/h8,13-14,18,20-21H,2-7,9-10H2,1H3. The number of aromatic hydroxyl groups is 1. The van der Waals surface area contributed by atoms with Gasteiger partial charge >= 0.3 is 0 Å². The van der Waals surface area contributed by atoms with Crippen molar-refractivity contribution in [3.63, 3.8) is 0 Å². The molecule has 5 nitrogen and oxygen atoms in total. The maximum absolute atomic E-state index is 10.2. The Bertz CT molecular complexity index is 507. The van der Waals surface area contributed by atoms with Gasteiger partial charge in [0.2, 0.25) is 0 Å². The molecule has 1 aromatic rings. The molecule has 2 saturated heterocycles. The van der Waals surface area contributed by atoms with Gasteiger partial charge < -0.3 is 20.4 Å². The van der Waals surface area contributed by atoms with Crippen LogP contribution >= 0.6 is 0 Å². The first kappa shape index (κ1) is 14.8. The van der Waals surface area contributed by atoms with Crippen LogP contribution in [0, 0.1) is 6.92 Å². The van der Waals surface area contributed by atoms with Gasteiger partial charge in [-0.2, -0.15) is 0 Å². The van der Waals surface area contributed by atoms with Crippen molar-refractivity contribution in [2.45, 2.75) is 57.8 Å². The molecule has 3 N–H and O–H groups in total. The minimum atomic E-state index is -0.0844. The van der Waals surface area contributed by atoms with E-state index in [0.717, 1.165) is 18.0 Å². The fourth-order valence-electron chi connectivity index (χ4n) is 3.67. The Labute approximate surface area is 126 Å². The van der Waals surface area contributed by atoms with E-state index in [9.17, 15) is 10.2 Å². The summed E-state index contributed by atoms with van der Waals surface area (Å²) in [4.78, 5) is 6.71. The largest absolute Gasteiger partial charge is 0.506 e. The number of aromatic nitrogens is 1. The molecule has 2 unspecified atom stereocenters. The summed E-state index contributed by atoms with van der Waals surface area (Å²) in [5.74, 6) is 0.215.